The smallest absolute Gasteiger partial charge is 0.478 e. The lowest BCUT2D eigenvalue weighted by atomic mass is 10.0. The predicted molar refractivity (Wildman–Crippen MR) is 68.3 cm³/mol. The fourth-order valence-electron chi connectivity index (χ4n) is 1.71. The maximum atomic E-state index is 12.1. The first-order valence-corrected chi connectivity index (χ1v) is 5.90. The van der Waals surface area contributed by atoms with E-state index in [1.54, 1.807) is 0 Å². The van der Waals surface area contributed by atoms with E-state index in [-0.39, 0.29) is 16.3 Å². The van der Waals surface area contributed by atoms with Gasteiger partial charge < -0.3 is 9.84 Å². The summed E-state index contributed by atoms with van der Waals surface area (Å²) in [6.45, 7) is 0. The molecule has 0 fully saturated rings. The van der Waals surface area contributed by atoms with Crippen molar-refractivity contribution in [2.75, 3.05) is 0 Å². The molecule has 8 heteroatoms. The highest BCUT2D eigenvalue weighted by Crippen LogP contribution is 2.32. The average molecular weight is 318 g/mol. The molecular formula is C13H7ClF3NO3. The number of aromatic carboxylic acids is 1. The van der Waals surface area contributed by atoms with Crippen LogP contribution < -0.4 is 4.74 Å². The van der Waals surface area contributed by atoms with Crippen LogP contribution in [0, 0.1) is 0 Å². The van der Waals surface area contributed by atoms with Crippen molar-refractivity contribution in [3.05, 3.63) is 47.2 Å². The summed E-state index contributed by atoms with van der Waals surface area (Å²) in [4.78, 5) is 14.9. The molecule has 0 saturated heterocycles. The number of carboxylic acids is 1. The first kappa shape index (κ1) is 15.1. The summed E-state index contributed by atoms with van der Waals surface area (Å²) < 4.78 is 39.9. The number of benzene rings is 1. The highest BCUT2D eigenvalue weighted by molar-refractivity contribution is 6.32. The number of rotatable bonds is 3. The SMILES string of the molecule is O=C(O)c1ccnc(Cl)c1-c1ccc(OC(F)(F)F)cc1. The first-order chi connectivity index (χ1) is 9.78. The van der Waals surface area contributed by atoms with Gasteiger partial charge in [-0.3, -0.25) is 0 Å². The Balaban J connectivity index is 2.42. The van der Waals surface area contributed by atoms with Gasteiger partial charge in [-0.05, 0) is 23.8 Å². The Morgan fingerprint density at radius 2 is 1.81 bits per heavy atom. The second-order valence-electron chi connectivity index (χ2n) is 3.90. The van der Waals surface area contributed by atoms with Crippen LogP contribution in [0.4, 0.5) is 13.2 Å². The number of alkyl halides is 3. The van der Waals surface area contributed by atoms with Crippen molar-refractivity contribution in [2.45, 2.75) is 6.36 Å². The van der Waals surface area contributed by atoms with Crippen molar-refractivity contribution in [3.8, 4) is 16.9 Å². The van der Waals surface area contributed by atoms with Crippen LogP contribution in [-0.4, -0.2) is 22.4 Å². The molecule has 0 spiro atoms. The van der Waals surface area contributed by atoms with Crippen LogP contribution in [0.5, 0.6) is 5.75 Å². The van der Waals surface area contributed by atoms with E-state index in [1.807, 2.05) is 0 Å². The van der Waals surface area contributed by atoms with E-state index < -0.39 is 18.1 Å². The Hall–Kier alpha value is -2.28. The molecule has 1 aromatic carbocycles. The molecule has 4 nitrogen and oxygen atoms in total. The minimum absolute atomic E-state index is 0.0561. The summed E-state index contributed by atoms with van der Waals surface area (Å²) in [7, 11) is 0. The summed E-state index contributed by atoms with van der Waals surface area (Å²) >= 11 is 5.87. The van der Waals surface area contributed by atoms with E-state index in [9.17, 15) is 18.0 Å². The largest absolute Gasteiger partial charge is 0.573 e. The van der Waals surface area contributed by atoms with Gasteiger partial charge in [-0.25, -0.2) is 9.78 Å². The van der Waals surface area contributed by atoms with Crippen molar-refractivity contribution >= 4 is 17.6 Å². The van der Waals surface area contributed by atoms with Gasteiger partial charge in [0.25, 0.3) is 0 Å². The van der Waals surface area contributed by atoms with Gasteiger partial charge in [0.05, 0.1) is 5.56 Å². The Labute approximate surface area is 121 Å². The van der Waals surface area contributed by atoms with Gasteiger partial charge in [0, 0.05) is 11.8 Å². The van der Waals surface area contributed by atoms with Gasteiger partial charge in [0.1, 0.15) is 10.9 Å². The van der Waals surface area contributed by atoms with Crippen LogP contribution in [0.2, 0.25) is 5.15 Å². The number of hydrogen-bond acceptors (Lipinski definition) is 3. The third-order valence-corrected chi connectivity index (χ3v) is 2.80. The van der Waals surface area contributed by atoms with Crippen molar-refractivity contribution in [2.24, 2.45) is 0 Å². The number of hydrogen-bond donors (Lipinski definition) is 1. The Bertz CT molecular complexity index is 671. The fourth-order valence-corrected chi connectivity index (χ4v) is 1.98. The van der Waals surface area contributed by atoms with Gasteiger partial charge in [0.2, 0.25) is 0 Å². The highest BCUT2D eigenvalue weighted by atomic mass is 35.5. The number of nitrogens with zero attached hydrogens (tertiary/aromatic N) is 1. The molecule has 0 atom stereocenters. The van der Waals surface area contributed by atoms with Crippen LogP contribution in [0.15, 0.2) is 36.5 Å². The van der Waals surface area contributed by atoms with Gasteiger partial charge in [-0.1, -0.05) is 23.7 Å². The number of ether oxygens (including phenoxy) is 1. The zero-order chi connectivity index (χ0) is 15.6. The molecule has 2 rings (SSSR count). The lowest BCUT2D eigenvalue weighted by Gasteiger charge is -2.11. The molecule has 0 aliphatic rings. The van der Waals surface area contributed by atoms with Crippen LogP contribution in [-0.2, 0) is 0 Å². The molecule has 1 N–H and O–H groups in total. The van der Waals surface area contributed by atoms with Crippen molar-refractivity contribution in [3.63, 3.8) is 0 Å². The molecule has 0 aliphatic carbocycles. The lowest BCUT2D eigenvalue weighted by molar-refractivity contribution is -0.274. The summed E-state index contributed by atoms with van der Waals surface area (Å²) in [5.74, 6) is -1.63. The normalized spacial score (nSPS) is 11.2. The molecule has 1 aromatic heterocycles. The summed E-state index contributed by atoms with van der Waals surface area (Å²) in [6, 6.07) is 5.94. The van der Waals surface area contributed by atoms with Crippen LogP contribution in [0.1, 0.15) is 10.4 Å². The average Bonchev–Trinajstić information content (AvgIpc) is 2.37. The number of pyridine rings is 1. The molecule has 0 bridgehead atoms. The molecule has 0 unspecified atom stereocenters. The molecule has 0 radical (unpaired) electrons. The highest BCUT2D eigenvalue weighted by Gasteiger charge is 2.31. The minimum atomic E-state index is -4.79. The molecule has 2 aromatic rings. The zero-order valence-corrected chi connectivity index (χ0v) is 10.9. The molecule has 0 amide bonds. The molecule has 0 aliphatic heterocycles. The standard InChI is InChI=1S/C13H7ClF3NO3/c14-11-10(9(12(19)20)5-6-18-11)7-1-3-8(4-2-7)21-13(15,16)17/h1-6H,(H,19,20). The van der Waals surface area contributed by atoms with E-state index >= 15 is 0 Å². The third kappa shape index (κ3) is 3.63. The predicted octanol–water partition coefficient (Wildman–Crippen LogP) is 4.00. The summed E-state index contributed by atoms with van der Waals surface area (Å²) in [6.07, 6.45) is -3.56. The maximum Gasteiger partial charge on any atom is 0.573 e. The molecule has 1 heterocycles. The van der Waals surface area contributed by atoms with E-state index in [1.165, 1.54) is 24.4 Å². The Kier molecular flexibility index (Phi) is 4.04. The van der Waals surface area contributed by atoms with Crippen LogP contribution in [0.25, 0.3) is 11.1 Å². The Morgan fingerprint density at radius 1 is 1.19 bits per heavy atom. The van der Waals surface area contributed by atoms with Gasteiger partial charge in [-0.15, -0.1) is 13.2 Å². The summed E-state index contributed by atoms with van der Waals surface area (Å²) in [5, 5.41) is 9.04. The number of halogens is 4. The quantitative estimate of drug-likeness (QED) is 0.869. The molecule has 21 heavy (non-hydrogen) atoms. The summed E-state index contributed by atoms with van der Waals surface area (Å²) in [5.41, 5.74) is 0.352. The number of carboxylic acid groups (broad SMARTS) is 1. The second-order valence-corrected chi connectivity index (χ2v) is 4.26. The van der Waals surface area contributed by atoms with E-state index in [2.05, 4.69) is 9.72 Å². The van der Waals surface area contributed by atoms with Gasteiger partial charge in [0.15, 0.2) is 0 Å². The Morgan fingerprint density at radius 3 is 2.33 bits per heavy atom. The van der Waals surface area contributed by atoms with Gasteiger partial charge in [-0.2, -0.15) is 0 Å². The fraction of sp³-hybridized carbons (Fsp3) is 0.0769. The van der Waals surface area contributed by atoms with Crippen LogP contribution >= 0.6 is 11.6 Å². The van der Waals surface area contributed by atoms with Crippen molar-refractivity contribution in [1.82, 2.24) is 4.98 Å². The zero-order valence-electron chi connectivity index (χ0n) is 10.2. The third-order valence-electron chi connectivity index (χ3n) is 2.51. The monoisotopic (exact) mass is 317 g/mol. The molecular weight excluding hydrogens is 311 g/mol. The second kappa shape index (κ2) is 5.61. The topological polar surface area (TPSA) is 59.4 Å². The number of aromatic nitrogens is 1. The maximum absolute atomic E-state index is 12.1. The first-order valence-electron chi connectivity index (χ1n) is 5.52. The van der Waals surface area contributed by atoms with Crippen LogP contribution in [0.3, 0.4) is 0 Å². The van der Waals surface area contributed by atoms with E-state index in [0.29, 0.717) is 5.56 Å². The minimum Gasteiger partial charge on any atom is -0.478 e. The number of carbonyl (C=O) groups is 1. The lowest BCUT2D eigenvalue weighted by Crippen LogP contribution is -2.16. The molecule has 0 saturated carbocycles. The molecule has 110 valence electrons. The van der Waals surface area contributed by atoms with Gasteiger partial charge >= 0.3 is 12.3 Å². The van der Waals surface area contributed by atoms with E-state index in [4.69, 9.17) is 16.7 Å². The van der Waals surface area contributed by atoms with E-state index in [0.717, 1.165) is 12.1 Å². The van der Waals surface area contributed by atoms with Crippen molar-refractivity contribution < 1.29 is 27.8 Å². The van der Waals surface area contributed by atoms with Crippen molar-refractivity contribution in [1.29, 1.82) is 0 Å².